The number of carbonyl (C=O) groups excluding carboxylic acids is 2. The van der Waals surface area contributed by atoms with Crippen molar-refractivity contribution in [2.45, 2.75) is 51.0 Å². The van der Waals surface area contributed by atoms with E-state index in [1.807, 2.05) is 19.9 Å². The van der Waals surface area contributed by atoms with Crippen LogP contribution in [0.2, 0.25) is 0 Å². The Kier molecular flexibility index (Phi) is 6.05. The second kappa shape index (κ2) is 8.63. The lowest BCUT2D eigenvalue weighted by molar-refractivity contribution is -0.121. The zero-order valence-corrected chi connectivity index (χ0v) is 19.4. The Labute approximate surface area is 188 Å². The molecule has 2 aliphatic heterocycles. The van der Waals surface area contributed by atoms with Crippen LogP contribution < -0.4 is 10.2 Å². The average molecular weight is 457 g/mol. The first-order valence-corrected chi connectivity index (χ1v) is 12.3. The smallest absolute Gasteiger partial charge is 0.243 e. The van der Waals surface area contributed by atoms with Gasteiger partial charge in [0.1, 0.15) is 5.82 Å². The predicted octanol–water partition coefficient (Wildman–Crippen LogP) is 2.73. The number of nitrogens with zero attached hydrogens (tertiary/aromatic N) is 3. The minimum atomic E-state index is -3.75. The Morgan fingerprint density at radius 2 is 1.97 bits per heavy atom. The molecular formula is C23H28N4O4S. The van der Waals surface area contributed by atoms with Crippen LogP contribution in [-0.2, 0) is 26.0 Å². The summed E-state index contributed by atoms with van der Waals surface area (Å²) in [5, 5.41) is 2.80. The molecule has 0 bridgehead atoms. The van der Waals surface area contributed by atoms with Gasteiger partial charge in [0, 0.05) is 37.9 Å². The normalized spacial score (nSPS) is 21.3. The van der Waals surface area contributed by atoms with Gasteiger partial charge in [0.15, 0.2) is 0 Å². The Hall–Kier alpha value is -2.78. The van der Waals surface area contributed by atoms with E-state index in [2.05, 4.69) is 10.3 Å². The van der Waals surface area contributed by atoms with Crippen molar-refractivity contribution in [2.24, 2.45) is 5.92 Å². The van der Waals surface area contributed by atoms with E-state index in [-0.39, 0.29) is 29.3 Å². The monoisotopic (exact) mass is 456 g/mol. The largest absolute Gasteiger partial charge is 0.310 e. The maximum Gasteiger partial charge on any atom is 0.243 e. The topological polar surface area (TPSA) is 99.7 Å². The number of fused-ring (bicyclic) bond motifs is 1. The molecule has 0 saturated carbocycles. The van der Waals surface area contributed by atoms with Crippen molar-refractivity contribution in [3.8, 4) is 0 Å². The van der Waals surface area contributed by atoms with Crippen molar-refractivity contribution in [3.05, 3.63) is 47.7 Å². The summed E-state index contributed by atoms with van der Waals surface area (Å²) < 4.78 is 28.1. The first-order valence-electron chi connectivity index (χ1n) is 10.8. The second-order valence-electron chi connectivity index (χ2n) is 8.64. The maximum absolute atomic E-state index is 13.3. The molecule has 2 atom stereocenters. The van der Waals surface area contributed by atoms with Gasteiger partial charge in [-0.25, -0.2) is 13.4 Å². The Balaban J connectivity index is 1.50. The summed E-state index contributed by atoms with van der Waals surface area (Å²) in [4.78, 5) is 30.8. The molecule has 170 valence electrons. The van der Waals surface area contributed by atoms with E-state index in [4.69, 9.17) is 0 Å². The summed E-state index contributed by atoms with van der Waals surface area (Å²) in [5.41, 5.74) is 2.61. The predicted molar refractivity (Wildman–Crippen MR) is 122 cm³/mol. The molecule has 4 rings (SSSR count). The van der Waals surface area contributed by atoms with Crippen LogP contribution in [-0.4, -0.2) is 48.7 Å². The summed E-state index contributed by atoms with van der Waals surface area (Å²) >= 11 is 0. The van der Waals surface area contributed by atoms with E-state index in [9.17, 15) is 18.0 Å². The van der Waals surface area contributed by atoms with Gasteiger partial charge in [0.05, 0.1) is 10.8 Å². The average Bonchev–Trinajstić information content (AvgIpc) is 3.10. The van der Waals surface area contributed by atoms with Gasteiger partial charge in [0.25, 0.3) is 0 Å². The third-order valence-electron chi connectivity index (χ3n) is 6.16. The minimum Gasteiger partial charge on any atom is -0.310 e. The van der Waals surface area contributed by atoms with Crippen molar-refractivity contribution >= 4 is 33.3 Å². The number of pyridine rings is 1. The van der Waals surface area contributed by atoms with Crippen molar-refractivity contribution < 1.29 is 18.0 Å². The maximum atomic E-state index is 13.3. The number of hydrogen-bond donors (Lipinski definition) is 1. The highest BCUT2D eigenvalue weighted by atomic mass is 32.2. The van der Waals surface area contributed by atoms with Crippen LogP contribution in [0.3, 0.4) is 0 Å². The molecule has 8 nitrogen and oxygen atoms in total. The van der Waals surface area contributed by atoms with E-state index < -0.39 is 15.9 Å². The minimum absolute atomic E-state index is 0.00102. The summed E-state index contributed by atoms with van der Waals surface area (Å²) in [5.74, 6) is -0.256. The molecule has 2 aliphatic rings. The molecule has 0 unspecified atom stereocenters. The number of benzene rings is 1. The molecule has 0 aliphatic carbocycles. The summed E-state index contributed by atoms with van der Waals surface area (Å²) in [6.07, 6.45) is 3.53. The van der Waals surface area contributed by atoms with Gasteiger partial charge >= 0.3 is 0 Å². The molecule has 0 radical (unpaired) electrons. The summed E-state index contributed by atoms with van der Waals surface area (Å²) in [7, 11) is -3.75. The molecular weight excluding hydrogens is 428 g/mol. The second-order valence-corrected chi connectivity index (χ2v) is 10.6. The molecule has 2 aromatic rings. The molecule has 3 heterocycles. The molecule has 1 N–H and O–H groups in total. The Morgan fingerprint density at radius 1 is 1.19 bits per heavy atom. The van der Waals surface area contributed by atoms with E-state index in [1.54, 1.807) is 35.4 Å². The van der Waals surface area contributed by atoms with Crippen LogP contribution in [0.15, 0.2) is 41.4 Å². The number of sulfonamides is 1. The summed E-state index contributed by atoms with van der Waals surface area (Å²) in [6.45, 7) is 5.89. The van der Waals surface area contributed by atoms with Crippen molar-refractivity contribution in [2.75, 3.05) is 23.3 Å². The number of amides is 2. The van der Waals surface area contributed by atoms with Gasteiger partial charge in [-0.05, 0) is 68.5 Å². The van der Waals surface area contributed by atoms with Crippen LogP contribution in [0.1, 0.15) is 37.8 Å². The van der Waals surface area contributed by atoms with Crippen LogP contribution in [0.4, 0.5) is 11.5 Å². The molecule has 1 saturated heterocycles. The van der Waals surface area contributed by atoms with Crippen LogP contribution in [0.5, 0.6) is 0 Å². The highest BCUT2D eigenvalue weighted by Gasteiger charge is 2.35. The number of aromatic nitrogens is 1. The first-order chi connectivity index (χ1) is 15.2. The lowest BCUT2D eigenvalue weighted by atomic mass is 9.99. The third kappa shape index (κ3) is 4.27. The van der Waals surface area contributed by atoms with E-state index in [0.29, 0.717) is 31.6 Å². The van der Waals surface area contributed by atoms with Gasteiger partial charge in [-0.2, -0.15) is 4.31 Å². The van der Waals surface area contributed by atoms with Gasteiger partial charge in [-0.1, -0.05) is 6.07 Å². The van der Waals surface area contributed by atoms with Crippen molar-refractivity contribution in [3.63, 3.8) is 0 Å². The highest BCUT2D eigenvalue weighted by molar-refractivity contribution is 7.89. The first kappa shape index (κ1) is 22.4. The molecule has 1 aromatic carbocycles. The lowest BCUT2D eigenvalue weighted by Crippen LogP contribution is -2.43. The fourth-order valence-electron chi connectivity index (χ4n) is 4.54. The van der Waals surface area contributed by atoms with Gasteiger partial charge in [0.2, 0.25) is 21.8 Å². The number of carbonyl (C=O) groups is 2. The highest BCUT2D eigenvalue weighted by Crippen LogP contribution is 2.35. The number of anilines is 2. The molecule has 2 amide bonds. The summed E-state index contributed by atoms with van der Waals surface area (Å²) in [6, 6.07) is 8.54. The van der Waals surface area contributed by atoms with Crippen LogP contribution in [0, 0.1) is 12.8 Å². The Morgan fingerprint density at radius 3 is 2.66 bits per heavy atom. The zero-order valence-electron chi connectivity index (χ0n) is 18.5. The molecule has 0 spiro atoms. The van der Waals surface area contributed by atoms with Gasteiger partial charge in [-0.15, -0.1) is 0 Å². The van der Waals surface area contributed by atoms with Crippen LogP contribution in [0.25, 0.3) is 0 Å². The van der Waals surface area contributed by atoms with Gasteiger partial charge in [-0.3, -0.25) is 9.59 Å². The molecule has 1 aromatic heterocycles. The lowest BCUT2D eigenvalue weighted by Gasteiger charge is -2.31. The quantitative estimate of drug-likeness (QED) is 0.763. The van der Waals surface area contributed by atoms with E-state index in [1.165, 1.54) is 11.2 Å². The molecule has 1 fully saturated rings. The van der Waals surface area contributed by atoms with Crippen molar-refractivity contribution in [1.82, 2.24) is 9.29 Å². The standard InChI is InChI=1S/C23H28N4O4S/c1-15-6-9-22(24-13-15)25-23(29)18-5-4-10-26(14-18)32(30,31)20-7-8-21-19(12-20)11-16(2)27(21)17(3)28/h6-9,12-13,16,18H,4-5,10-11,14H2,1-3H3,(H,24,25,29)/t16-,18+/m1/s1. The SMILES string of the molecule is CC(=O)N1c2ccc(S(=O)(=O)N3CCC[C@H](C(=O)Nc4ccc(C)cn4)C3)cc2C[C@H]1C. The number of aryl methyl sites for hydroxylation is 1. The Bertz CT molecular complexity index is 1150. The number of rotatable bonds is 4. The molecule has 32 heavy (non-hydrogen) atoms. The number of nitrogens with one attached hydrogen (secondary N) is 1. The van der Waals surface area contributed by atoms with E-state index >= 15 is 0 Å². The number of piperidine rings is 1. The molecule has 9 heteroatoms. The van der Waals surface area contributed by atoms with Gasteiger partial charge < -0.3 is 10.2 Å². The third-order valence-corrected chi connectivity index (χ3v) is 8.02. The van der Waals surface area contributed by atoms with Crippen LogP contribution >= 0.6 is 0 Å². The zero-order chi connectivity index (χ0) is 23.0. The van der Waals surface area contributed by atoms with E-state index in [0.717, 1.165) is 16.8 Å². The fraction of sp³-hybridized carbons (Fsp3) is 0.435. The number of hydrogen-bond acceptors (Lipinski definition) is 5. The fourth-order valence-corrected chi connectivity index (χ4v) is 6.12. The van der Waals surface area contributed by atoms with Crippen molar-refractivity contribution in [1.29, 1.82) is 0 Å².